The Kier molecular flexibility index (Phi) is 6.34. The number of piperazine rings is 1. The highest BCUT2D eigenvalue weighted by Crippen LogP contribution is 2.12. The summed E-state index contributed by atoms with van der Waals surface area (Å²) in [6.45, 7) is 7.88. The van der Waals surface area contributed by atoms with Crippen LogP contribution in [0.1, 0.15) is 18.9 Å². The molecule has 0 radical (unpaired) electrons. The fourth-order valence-electron chi connectivity index (χ4n) is 2.80. The van der Waals surface area contributed by atoms with Gasteiger partial charge in [-0.2, -0.15) is 10.1 Å². The summed E-state index contributed by atoms with van der Waals surface area (Å²) >= 11 is 0. The summed E-state index contributed by atoms with van der Waals surface area (Å²) < 4.78 is 0. The summed E-state index contributed by atoms with van der Waals surface area (Å²) in [6, 6.07) is 10.4. The number of hydrogen-bond donors (Lipinski definition) is 1. The summed E-state index contributed by atoms with van der Waals surface area (Å²) in [5.74, 6) is 1.53. The molecular formula is C19H26N6. The van der Waals surface area contributed by atoms with Crippen LogP contribution in [-0.4, -0.2) is 59.3 Å². The maximum Gasteiger partial charge on any atom is 0.247 e. The molecule has 1 saturated heterocycles. The van der Waals surface area contributed by atoms with Crippen LogP contribution in [0, 0.1) is 0 Å². The zero-order chi connectivity index (χ0) is 17.3. The van der Waals surface area contributed by atoms with Gasteiger partial charge in [-0.15, -0.1) is 5.10 Å². The zero-order valence-electron chi connectivity index (χ0n) is 14.8. The Hall–Kier alpha value is -2.47. The van der Waals surface area contributed by atoms with Gasteiger partial charge in [0.15, 0.2) is 5.82 Å². The van der Waals surface area contributed by atoms with Crippen LogP contribution < -0.4 is 10.2 Å². The average Bonchev–Trinajstić information content (AvgIpc) is 2.68. The Morgan fingerprint density at radius 2 is 1.92 bits per heavy atom. The Morgan fingerprint density at radius 3 is 2.68 bits per heavy atom. The minimum atomic E-state index is 0.723. The third kappa shape index (κ3) is 5.26. The second-order valence-electron chi connectivity index (χ2n) is 6.17. The molecule has 1 aromatic carbocycles. The number of benzene rings is 1. The van der Waals surface area contributed by atoms with Gasteiger partial charge in [-0.3, -0.25) is 4.90 Å². The topological polar surface area (TPSA) is 57.2 Å². The van der Waals surface area contributed by atoms with Gasteiger partial charge in [-0.25, -0.2) is 0 Å². The Balaban J connectivity index is 1.48. The van der Waals surface area contributed by atoms with Crippen molar-refractivity contribution in [2.24, 2.45) is 0 Å². The quantitative estimate of drug-likeness (QED) is 0.837. The molecule has 1 fully saturated rings. The molecule has 0 unspecified atom stereocenters. The number of nitrogens with zero attached hydrogens (tertiary/aromatic N) is 5. The molecule has 0 saturated carbocycles. The van der Waals surface area contributed by atoms with E-state index in [0.717, 1.165) is 57.5 Å². The van der Waals surface area contributed by atoms with E-state index in [2.05, 4.69) is 73.6 Å². The van der Waals surface area contributed by atoms with Gasteiger partial charge in [-0.1, -0.05) is 49.4 Å². The second-order valence-corrected chi connectivity index (χ2v) is 6.17. The maximum atomic E-state index is 4.57. The van der Waals surface area contributed by atoms with Crippen molar-refractivity contribution in [1.29, 1.82) is 0 Å². The van der Waals surface area contributed by atoms with Gasteiger partial charge in [0.05, 0.1) is 6.20 Å². The van der Waals surface area contributed by atoms with Crippen LogP contribution >= 0.6 is 0 Å². The summed E-state index contributed by atoms with van der Waals surface area (Å²) in [5, 5.41) is 11.5. The van der Waals surface area contributed by atoms with Crippen LogP contribution in [0.2, 0.25) is 0 Å². The van der Waals surface area contributed by atoms with Crippen molar-refractivity contribution in [2.45, 2.75) is 13.3 Å². The highest BCUT2D eigenvalue weighted by Gasteiger charge is 2.18. The van der Waals surface area contributed by atoms with E-state index in [0.29, 0.717) is 0 Å². The lowest BCUT2D eigenvalue weighted by Gasteiger charge is -2.33. The molecule has 0 amide bonds. The highest BCUT2D eigenvalue weighted by molar-refractivity contribution is 5.48. The van der Waals surface area contributed by atoms with Crippen LogP contribution in [0.3, 0.4) is 0 Å². The van der Waals surface area contributed by atoms with Crippen molar-refractivity contribution >= 4 is 17.8 Å². The third-order valence-corrected chi connectivity index (χ3v) is 4.23. The lowest BCUT2D eigenvalue weighted by Crippen LogP contribution is -2.47. The first-order valence-electron chi connectivity index (χ1n) is 8.97. The van der Waals surface area contributed by atoms with E-state index in [-0.39, 0.29) is 0 Å². The van der Waals surface area contributed by atoms with Gasteiger partial charge in [0.1, 0.15) is 0 Å². The number of aromatic nitrogens is 3. The standard InChI is InChI=1S/C19H26N6/c1-2-10-20-18-16-21-23-19(22-18)25-14-12-24(13-15-25)11-6-9-17-7-4-3-5-8-17/h3-9,16H,2,10-15H2,1H3,(H,20,22,23)/b9-6+. The van der Waals surface area contributed by atoms with E-state index in [1.165, 1.54) is 5.56 Å². The van der Waals surface area contributed by atoms with Crippen molar-refractivity contribution in [3.05, 3.63) is 48.2 Å². The normalized spacial score (nSPS) is 15.6. The molecule has 132 valence electrons. The molecule has 6 nitrogen and oxygen atoms in total. The smallest absolute Gasteiger partial charge is 0.247 e. The van der Waals surface area contributed by atoms with Crippen LogP contribution in [0.5, 0.6) is 0 Å². The predicted molar refractivity (Wildman–Crippen MR) is 103 cm³/mol. The molecular weight excluding hydrogens is 312 g/mol. The fraction of sp³-hybridized carbons (Fsp3) is 0.421. The summed E-state index contributed by atoms with van der Waals surface area (Å²) in [6.07, 6.45) is 7.17. The first kappa shape index (κ1) is 17.4. The van der Waals surface area contributed by atoms with Crippen molar-refractivity contribution < 1.29 is 0 Å². The van der Waals surface area contributed by atoms with E-state index in [1.54, 1.807) is 6.20 Å². The Morgan fingerprint density at radius 1 is 1.12 bits per heavy atom. The van der Waals surface area contributed by atoms with E-state index in [4.69, 9.17) is 0 Å². The largest absolute Gasteiger partial charge is 0.369 e. The van der Waals surface area contributed by atoms with E-state index < -0.39 is 0 Å². The fourth-order valence-corrected chi connectivity index (χ4v) is 2.80. The molecule has 1 aliphatic rings. The van der Waals surface area contributed by atoms with Gasteiger partial charge >= 0.3 is 0 Å². The average molecular weight is 338 g/mol. The molecule has 0 spiro atoms. The molecule has 2 heterocycles. The molecule has 1 N–H and O–H groups in total. The van der Waals surface area contributed by atoms with Gasteiger partial charge in [0.2, 0.25) is 5.95 Å². The number of hydrogen-bond acceptors (Lipinski definition) is 6. The first-order valence-corrected chi connectivity index (χ1v) is 8.97. The number of anilines is 2. The van der Waals surface area contributed by atoms with Crippen molar-refractivity contribution in [3.63, 3.8) is 0 Å². The molecule has 0 aliphatic carbocycles. The molecule has 1 aromatic heterocycles. The third-order valence-electron chi connectivity index (χ3n) is 4.23. The van der Waals surface area contributed by atoms with Crippen molar-refractivity contribution in [1.82, 2.24) is 20.1 Å². The van der Waals surface area contributed by atoms with Crippen molar-refractivity contribution in [2.75, 3.05) is 49.5 Å². The van der Waals surface area contributed by atoms with E-state index >= 15 is 0 Å². The molecule has 1 aliphatic heterocycles. The SMILES string of the molecule is CCCNc1cnnc(N2CCN(C/C=C/c3ccccc3)CC2)n1. The van der Waals surface area contributed by atoms with Gasteiger partial charge in [0, 0.05) is 39.3 Å². The van der Waals surface area contributed by atoms with Gasteiger partial charge in [-0.05, 0) is 12.0 Å². The molecule has 3 rings (SSSR count). The lowest BCUT2D eigenvalue weighted by atomic mass is 10.2. The molecule has 6 heteroatoms. The lowest BCUT2D eigenvalue weighted by molar-refractivity contribution is 0.282. The summed E-state index contributed by atoms with van der Waals surface area (Å²) in [5.41, 5.74) is 1.25. The number of rotatable bonds is 7. The van der Waals surface area contributed by atoms with Crippen LogP contribution in [-0.2, 0) is 0 Å². The predicted octanol–water partition coefficient (Wildman–Crippen LogP) is 2.53. The van der Waals surface area contributed by atoms with Crippen LogP contribution in [0.15, 0.2) is 42.6 Å². The van der Waals surface area contributed by atoms with Gasteiger partial charge < -0.3 is 10.2 Å². The van der Waals surface area contributed by atoms with Crippen LogP contribution in [0.4, 0.5) is 11.8 Å². The minimum Gasteiger partial charge on any atom is -0.369 e. The van der Waals surface area contributed by atoms with E-state index in [9.17, 15) is 0 Å². The van der Waals surface area contributed by atoms with Crippen LogP contribution in [0.25, 0.3) is 6.08 Å². The molecule has 0 bridgehead atoms. The van der Waals surface area contributed by atoms with Gasteiger partial charge in [0.25, 0.3) is 0 Å². The maximum absolute atomic E-state index is 4.57. The number of nitrogens with one attached hydrogen (secondary N) is 1. The highest BCUT2D eigenvalue weighted by atomic mass is 15.4. The molecule has 25 heavy (non-hydrogen) atoms. The van der Waals surface area contributed by atoms with Crippen molar-refractivity contribution in [3.8, 4) is 0 Å². The Bertz CT molecular complexity index is 665. The Labute approximate surface area is 149 Å². The molecule has 0 atom stereocenters. The van der Waals surface area contributed by atoms with E-state index in [1.807, 2.05) is 6.07 Å². The summed E-state index contributed by atoms with van der Waals surface area (Å²) in [7, 11) is 0. The first-order chi connectivity index (χ1) is 12.3. The summed E-state index contributed by atoms with van der Waals surface area (Å²) in [4.78, 5) is 9.23. The molecule has 2 aromatic rings. The minimum absolute atomic E-state index is 0.723. The monoisotopic (exact) mass is 338 g/mol. The zero-order valence-corrected chi connectivity index (χ0v) is 14.8. The second kappa shape index (κ2) is 9.13.